The van der Waals surface area contributed by atoms with E-state index in [2.05, 4.69) is 5.32 Å². The highest BCUT2D eigenvalue weighted by atomic mass is 35.5. The molecule has 4 aromatic carbocycles. The predicted molar refractivity (Wildman–Crippen MR) is 176 cm³/mol. The number of nitrogens with zero attached hydrogens (tertiary/aromatic N) is 2. The zero-order valence-corrected chi connectivity index (χ0v) is 27.1. The second kappa shape index (κ2) is 14.8. The lowest BCUT2D eigenvalue weighted by Gasteiger charge is -2.34. The molecule has 0 radical (unpaired) electrons. The average Bonchev–Trinajstić information content (AvgIpc) is 2.99. The first-order chi connectivity index (χ1) is 21.0. The molecule has 0 aliphatic heterocycles. The van der Waals surface area contributed by atoms with Crippen molar-refractivity contribution in [2.45, 2.75) is 50.7 Å². The molecule has 0 bridgehead atoms. The maximum atomic E-state index is 14.5. The van der Waals surface area contributed by atoms with Crippen molar-refractivity contribution in [3.8, 4) is 0 Å². The van der Waals surface area contributed by atoms with E-state index in [1.165, 1.54) is 23.1 Å². The van der Waals surface area contributed by atoms with Crippen molar-refractivity contribution >= 4 is 50.7 Å². The molecule has 0 fully saturated rings. The van der Waals surface area contributed by atoms with Crippen molar-refractivity contribution in [2.75, 3.05) is 10.8 Å². The van der Waals surface area contributed by atoms with Gasteiger partial charge in [-0.05, 0) is 56.2 Å². The van der Waals surface area contributed by atoms with Crippen LogP contribution in [0.2, 0.25) is 10.0 Å². The quantitative estimate of drug-likeness (QED) is 0.186. The Labute approximate surface area is 269 Å². The molecule has 0 saturated carbocycles. The summed E-state index contributed by atoms with van der Waals surface area (Å²) in [5, 5.41) is 3.08. The van der Waals surface area contributed by atoms with E-state index in [1.807, 2.05) is 75.4 Å². The fourth-order valence-corrected chi connectivity index (χ4v) is 6.75. The number of halogens is 2. The zero-order chi connectivity index (χ0) is 31.9. The summed E-state index contributed by atoms with van der Waals surface area (Å²) in [5.41, 5.74) is 2.69. The van der Waals surface area contributed by atoms with Crippen molar-refractivity contribution in [3.63, 3.8) is 0 Å². The molecule has 4 rings (SSSR count). The summed E-state index contributed by atoms with van der Waals surface area (Å²) in [5.74, 6) is -0.926. The number of hydrogen-bond acceptors (Lipinski definition) is 4. The van der Waals surface area contributed by atoms with E-state index in [0.29, 0.717) is 0 Å². The third-order valence-electron chi connectivity index (χ3n) is 6.95. The first kappa shape index (κ1) is 33.1. The Balaban J connectivity index is 1.83. The van der Waals surface area contributed by atoms with E-state index in [0.717, 1.165) is 21.0 Å². The highest BCUT2D eigenvalue weighted by Gasteiger charge is 2.35. The Kier molecular flexibility index (Phi) is 11.1. The third-order valence-corrected chi connectivity index (χ3v) is 9.53. The number of carbonyl (C=O) groups excluding carboxylic acids is 2. The molecule has 10 heteroatoms. The lowest BCUT2D eigenvalue weighted by Crippen LogP contribution is -2.54. The summed E-state index contributed by atoms with van der Waals surface area (Å²) in [6.45, 7) is 5.09. The summed E-state index contributed by atoms with van der Waals surface area (Å²) in [6.07, 6.45) is 0.223. The van der Waals surface area contributed by atoms with Crippen LogP contribution < -0.4 is 9.62 Å². The molecule has 1 unspecified atom stereocenters. The van der Waals surface area contributed by atoms with Crippen LogP contribution in [0.4, 0.5) is 5.69 Å². The van der Waals surface area contributed by atoms with Crippen LogP contribution in [-0.4, -0.2) is 43.8 Å². The lowest BCUT2D eigenvalue weighted by atomic mass is 10.0. The van der Waals surface area contributed by atoms with Gasteiger partial charge in [-0.1, -0.05) is 108 Å². The maximum absolute atomic E-state index is 14.5. The minimum Gasteiger partial charge on any atom is -0.352 e. The Morgan fingerprint density at radius 2 is 1.43 bits per heavy atom. The molecule has 230 valence electrons. The number of carbonyl (C=O) groups is 2. The number of sulfonamides is 1. The third kappa shape index (κ3) is 8.20. The zero-order valence-electron chi connectivity index (χ0n) is 24.8. The fraction of sp³-hybridized carbons (Fsp3) is 0.235. The monoisotopic (exact) mass is 651 g/mol. The van der Waals surface area contributed by atoms with Gasteiger partial charge in [0.2, 0.25) is 11.8 Å². The van der Waals surface area contributed by atoms with Gasteiger partial charge in [0.15, 0.2) is 0 Å². The number of amides is 2. The number of hydrogen-bond donors (Lipinski definition) is 1. The molecule has 0 heterocycles. The SMILES string of the molecule is Cc1cccc(CN(C(=O)CN(c2cccc(Cl)c2Cl)S(=O)(=O)c2ccccc2)C(Cc2ccccc2)C(=O)NC(C)C)c1. The van der Waals surface area contributed by atoms with Crippen LogP contribution in [0.5, 0.6) is 0 Å². The van der Waals surface area contributed by atoms with Crippen LogP contribution in [0.25, 0.3) is 0 Å². The van der Waals surface area contributed by atoms with Gasteiger partial charge in [-0.2, -0.15) is 0 Å². The molecule has 2 amide bonds. The van der Waals surface area contributed by atoms with Gasteiger partial charge >= 0.3 is 0 Å². The Morgan fingerprint density at radius 3 is 2.07 bits per heavy atom. The van der Waals surface area contributed by atoms with Crippen molar-refractivity contribution in [2.24, 2.45) is 0 Å². The molecule has 44 heavy (non-hydrogen) atoms. The van der Waals surface area contributed by atoms with Crippen LogP contribution in [0.3, 0.4) is 0 Å². The highest BCUT2D eigenvalue weighted by molar-refractivity contribution is 7.92. The first-order valence-corrected chi connectivity index (χ1v) is 16.4. The Morgan fingerprint density at radius 1 is 0.818 bits per heavy atom. The van der Waals surface area contributed by atoms with Gasteiger partial charge in [0.1, 0.15) is 12.6 Å². The van der Waals surface area contributed by atoms with Gasteiger partial charge in [-0.3, -0.25) is 13.9 Å². The normalized spacial score (nSPS) is 12.0. The molecule has 1 N–H and O–H groups in total. The smallest absolute Gasteiger partial charge is 0.264 e. The molecule has 4 aromatic rings. The van der Waals surface area contributed by atoms with Crippen LogP contribution in [0.15, 0.2) is 108 Å². The summed E-state index contributed by atoms with van der Waals surface area (Å²) in [4.78, 5) is 29.7. The van der Waals surface area contributed by atoms with E-state index >= 15 is 0 Å². The first-order valence-electron chi connectivity index (χ1n) is 14.2. The van der Waals surface area contributed by atoms with E-state index in [1.54, 1.807) is 30.3 Å². The molecule has 1 atom stereocenters. The summed E-state index contributed by atoms with van der Waals surface area (Å²) in [7, 11) is -4.28. The van der Waals surface area contributed by atoms with E-state index in [4.69, 9.17) is 23.2 Å². The second-order valence-corrected chi connectivity index (χ2v) is 13.4. The lowest BCUT2D eigenvalue weighted by molar-refractivity contribution is -0.140. The van der Waals surface area contributed by atoms with Crippen LogP contribution >= 0.6 is 23.2 Å². The molecule has 7 nitrogen and oxygen atoms in total. The van der Waals surface area contributed by atoms with Crippen LogP contribution in [0, 0.1) is 6.92 Å². The minimum atomic E-state index is -4.28. The van der Waals surface area contributed by atoms with Crippen molar-refractivity contribution in [3.05, 3.63) is 130 Å². The van der Waals surface area contributed by atoms with Gasteiger partial charge in [0.05, 0.1) is 20.6 Å². The number of benzene rings is 4. The summed E-state index contributed by atoms with van der Waals surface area (Å²) < 4.78 is 29.1. The molecule has 0 aromatic heterocycles. The Bertz CT molecular complexity index is 1700. The molecular weight excluding hydrogens is 617 g/mol. The van der Waals surface area contributed by atoms with E-state index in [-0.39, 0.29) is 45.5 Å². The van der Waals surface area contributed by atoms with E-state index < -0.39 is 28.5 Å². The van der Waals surface area contributed by atoms with Gasteiger partial charge in [-0.15, -0.1) is 0 Å². The van der Waals surface area contributed by atoms with Gasteiger partial charge in [0.25, 0.3) is 10.0 Å². The van der Waals surface area contributed by atoms with E-state index in [9.17, 15) is 18.0 Å². The van der Waals surface area contributed by atoms with Crippen molar-refractivity contribution in [1.82, 2.24) is 10.2 Å². The second-order valence-electron chi connectivity index (χ2n) is 10.8. The molecule has 0 aliphatic rings. The summed E-state index contributed by atoms with van der Waals surface area (Å²) >= 11 is 12.8. The highest BCUT2D eigenvalue weighted by Crippen LogP contribution is 2.35. The van der Waals surface area contributed by atoms with Gasteiger partial charge in [-0.25, -0.2) is 8.42 Å². The van der Waals surface area contributed by atoms with Gasteiger partial charge in [0, 0.05) is 19.0 Å². The molecule has 0 spiro atoms. The minimum absolute atomic E-state index is 0.00917. The molecule has 0 aliphatic carbocycles. The largest absolute Gasteiger partial charge is 0.352 e. The number of anilines is 1. The maximum Gasteiger partial charge on any atom is 0.264 e. The number of nitrogens with one attached hydrogen (secondary N) is 1. The predicted octanol–water partition coefficient (Wildman–Crippen LogP) is 6.66. The van der Waals surface area contributed by atoms with Crippen molar-refractivity contribution in [1.29, 1.82) is 0 Å². The van der Waals surface area contributed by atoms with Gasteiger partial charge < -0.3 is 10.2 Å². The summed E-state index contributed by atoms with van der Waals surface area (Å²) in [6, 6.07) is 28.3. The Hall–Kier alpha value is -3.85. The number of rotatable bonds is 12. The molecular formula is C34H35Cl2N3O4S. The van der Waals surface area contributed by atoms with Crippen LogP contribution in [-0.2, 0) is 32.6 Å². The van der Waals surface area contributed by atoms with Crippen LogP contribution in [0.1, 0.15) is 30.5 Å². The fourth-order valence-electron chi connectivity index (χ4n) is 4.86. The number of aryl methyl sites for hydroxylation is 1. The standard InChI is InChI=1S/C34H35Cl2N3O4S/c1-24(2)37-34(41)31(21-26-13-6-4-7-14-26)38(22-27-15-10-12-25(3)20-27)32(40)23-39(30-19-11-18-29(35)33(30)36)44(42,43)28-16-8-5-9-17-28/h4-20,24,31H,21-23H2,1-3H3,(H,37,41). The van der Waals surface area contributed by atoms with Crippen molar-refractivity contribution < 1.29 is 18.0 Å². The average molecular weight is 653 g/mol. The molecule has 0 saturated heterocycles. The topological polar surface area (TPSA) is 86.8 Å².